The van der Waals surface area contributed by atoms with Crippen LogP contribution in [-0.4, -0.2) is 25.2 Å². The Labute approximate surface area is 143 Å². The van der Waals surface area contributed by atoms with Crippen LogP contribution in [0.5, 0.6) is 0 Å². The number of rotatable bonds is 4. The zero-order valence-corrected chi connectivity index (χ0v) is 14.7. The highest BCUT2D eigenvalue weighted by atomic mass is 16.5. The van der Waals surface area contributed by atoms with Crippen LogP contribution in [0.3, 0.4) is 0 Å². The summed E-state index contributed by atoms with van der Waals surface area (Å²) < 4.78 is 10.8. The molecule has 4 atom stereocenters. The van der Waals surface area contributed by atoms with Crippen molar-refractivity contribution < 1.29 is 19.1 Å². The van der Waals surface area contributed by atoms with Crippen molar-refractivity contribution in [3.8, 4) is 0 Å². The van der Waals surface area contributed by atoms with E-state index in [-0.39, 0.29) is 23.3 Å². The molecule has 0 N–H and O–H groups in total. The van der Waals surface area contributed by atoms with Gasteiger partial charge in [0.1, 0.15) is 0 Å². The summed E-state index contributed by atoms with van der Waals surface area (Å²) in [5.74, 6) is 0.494. The fraction of sp³-hybridized carbons (Fsp3) is 0.600. The molecule has 2 aliphatic rings. The van der Waals surface area contributed by atoms with Gasteiger partial charge in [0.2, 0.25) is 0 Å². The standard InChI is InChI=1S/C20H26O4/c1-13(21)23-11-18-16-8-5-4-7-15(16)17-9-6-10-20(3,19(17)18)12-24-14(2)22/h4-5,7-8,17-19H,6,9-12H2,1-3H3. The average molecular weight is 330 g/mol. The van der Waals surface area contributed by atoms with Crippen molar-refractivity contribution in [2.24, 2.45) is 11.3 Å². The van der Waals surface area contributed by atoms with Crippen LogP contribution in [0, 0.1) is 11.3 Å². The molecule has 24 heavy (non-hydrogen) atoms. The Balaban J connectivity index is 1.94. The lowest BCUT2D eigenvalue weighted by atomic mass is 9.61. The first-order valence-electron chi connectivity index (χ1n) is 8.78. The van der Waals surface area contributed by atoms with Gasteiger partial charge in [-0.2, -0.15) is 0 Å². The minimum atomic E-state index is -0.242. The Morgan fingerprint density at radius 2 is 1.79 bits per heavy atom. The van der Waals surface area contributed by atoms with Crippen LogP contribution >= 0.6 is 0 Å². The molecule has 0 aliphatic heterocycles. The van der Waals surface area contributed by atoms with Crippen LogP contribution in [0.2, 0.25) is 0 Å². The van der Waals surface area contributed by atoms with E-state index in [0.717, 1.165) is 19.3 Å². The third-order valence-electron chi connectivity index (χ3n) is 5.80. The van der Waals surface area contributed by atoms with Gasteiger partial charge in [0.15, 0.2) is 0 Å². The van der Waals surface area contributed by atoms with Gasteiger partial charge in [-0.05, 0) is 35.8 Å². The topological polar surface area (TPSA) is 52.6 Å². The molecule has 2 aliphatic carbocycles. The number of carbonyl (C=O) groups is 2. The van der Waals surface area contributed by atoms with Gasteiger partial charge in [0.05, 0.1) is 13.2 Å². The summed E-state index contributed by atoms with van der Waals surface area (Å²) in [7, 11) is 0. The predicted molar refractivity (Wildman–Crippen MR) is 90.6 cm³/mol. The smallest absolute Gasteiger partial charge is 0.302 e. The molecule has 1 saturated carbocycles. The van der Waals surface area contributed by atoms with Crippen LogP contribution in [0.4, 0.5) is 0 Å². The molecule has 130 valence electrons. The van der Waals surface area contributed by atoms with Gasteiger partial charge in [-0.25, -0.2) is 0 Å². The van der Waals surface area contributed by atoms with E-state index in [1.54, 1.807) is 0 Å². The summed E-state index contributed by atoms with van der Waals surface area (Å²) in [5.41, 5.74) is 2.59. The number of hydrogen-bond donors (Lipinski definition) is 0. The highest BCUT2D eigenvalue weighted by Gasteiger charge is 2.52. The van der Waals surface area contributed by atoms with Crippen molar-refractivity contribution in [2.45, 2.75) is 51.9 Å². The monoisotopic (exact) mass is 330 g/mol. The fourth-order valence-corrected chi connectivity index (χ4v) is 4.89. The van der Waals surface area contributed by atoms with Crippen molar-refractivity contribution in [2.75, 3.05) is 13.2 Å². The third-order valence-corrected chi connectivity index (χ3v) is 5.80. The maximum Gasteiger partial charge on any atom is 0.302 e. The minimum Gasteiger partial charge on any atom is -0.465 e. The third kappa shape index (κ3) is 3.06. The van der Waals surface area contributed by atoms with Gasteiger partial charge < -0.3 is 9.47 Å². The molecule has 4 heteroatoms. The molecule has 0 saturated heterocycles. The molecule has 4 nitrogen and oxygen atoms in total. The first-order valence-corrected chi connectivity index (χ1v) is 8.78. The van der Waals surface area contributed by atoms with E-state index in [4.69, 9.17) is 9.47 Å². The molecule has 1 aromatic rings. The summed E-state index contributed by atoms with van der Waals surface area (Å²) in [6.45, 7) is 5.98. The normalized spacial score (nSPS) is 31.0. The molecule has 0 spiro atoms. The van der Waals surface area contributed by atoms with E-state index < -0.39 is 0 Å². The SMILES string of the molecule is CC(=O)OCC1c2ccccc2C2CCCC(C)(COC(C)=O)C21. The van der Waals surface area contributed by atoms with Gasteiger partial charge >= 0.3 is 11.9 Å². The van der Waals surface area contributed by atoms with E-state index in [1.807, 2.05) is 0 Å². The predicted octanol–water partition coefficient (Wildman–Crippen LogP) is 3.80. The Kier molecular flexibility index (Phi) is 4.66. The largest absolute Gasteiger partial charge is 0.465 e. The average Bonchev–Trinajstić information content (AvgIpc) is 2.87. The molecule has 3 rings (SSSR count). The van der Waals surface area contributed by atoms with E-state index >= 15 is 0 Å². The number of hydrogen-bond acceptors (Lipinski definition) is 4. The lowest BCUT2D eigenvalue weighted by Gasteiger charge is -2.45. The Bertz CT molecular complexity index is 638. The molecular formula is C20H26O4. The van der Waals surface area contributed by atoms with Crippen molar-refractivity contribution >= 4 is 11.9 Å². The van der Waals surface area contributed by atoms with Gasteiger partial charge in [-0.1, -0.05) is 37.6 Å². The molecule has 1 fully saturated rings. The van der Waals surface area contributed by atoms with Crippen molar-refractivity contribution in [3.63, 3.8) is 0 Å². The molecule has 0 heterocycles. The second-order valence-corrected chi connectivity index (χ2v) is 7.50. The van der Waals surface area contributed by atoms with Gasteiger partial charge in [0, 0.05) is 25.2 Å². The van der Waals surface area contributed by atoms with Crippen LogP contribution in [-0.2, 0) is 19.1 Å². The maximum atomic E-state index is 11.4. The van der Waals surface area contributed by atoms with Crippen LogP contribution in [0.15, 0.2) is 24.3 Å². The molecule has 0 bridgehead atoms. The first-order chi connectivity index (χ1) is 11.4. The maximum absolute atomic E-state index is 11.4. The lowest BCUT2D eigenvalue weighted by Crippen LogP contribution is -2.41. The summed E-state index contributed by atoms with van der Waals surface area (Å²) in [5, 5.41) is 0. The highest BCUT2D eigenvalue weighted by Crippen LogP contribution is 2.60. The number of fused-ring (bicyclic) bond motifs is 3. The zero-order chi connectivity index (χ0) is 17.3. The molecule has 4 unspecified atom stereocenters. The molecule has 0 radical (unpaired) electrons. The quantitative estimate of drug-likeness (QED) is 0.788. The van der Waals surface area contributed by atoms with Crippen molar-refractivity contribution in [1.29, 1.82) is 0 Å². The van der Waals surface area contributed by atoms with E-state index in [9.17, 15) is 9.59 Å². The molecule has 0 amide bonds. The minimum absolute atomic E-state index is 0.0849. The summed E-state index contributed by atoms with van der Waals surface area (Å²) in [6, 6.07) is 8.51. The van der Waals surface area contributed by atoms with E-state index in [1.165, 1.54) is 25.0 Å². The number of benzene rings is 1. The van der Waals surface area contributed by atoms with Crippen LogP contribution in [0.25, 0.3) is 0 Å². The first kappa shape index (κ1) is 17.0. The number of carbonyl (C=O) groups excluding carboxylic acids is 2. The zero-order valence-electron chi connectivity index (χ0n) is 14.7. The van der Waals surface area contributed by atoms with Crippen molar-refractivity contribution in [1.82, 2.24) is 0 Å². The fourth-order valence-electron chi connectivity index (χ4n) is 4.89. The summed E-state index contributed by atoms with van der Waals surface area (Å²) in [4.78, 5) is 22.7. The summed E-state index contributed by atoms with van der Waals surface area (Å²) in [6.07, 6.45) is 3.31. The molecule has 1 aromatic carbocycles. The lowest BCUT2D eigenvalue weighted by molar-refractivity contribution is -0.147. The Morgan fingerprint density at radius 3 is 2.46 bits per heavy atom. The van der Waals surface area contributed by atoms with E-state index in [0.29, 0.717) is 25.0 Å². The molecule has 0 aromatic heterocycles. The van der Waals surface area contributed by atoms with Crippen LogP contribution < -0.4 is 0 Å². The molecular weight excluding hydrogens is 304 g/mol. The summed E-state index contributed by atoms with van der Waals surface area (Å²) >= 11 is 0. The Hall–Kier alpha value is -1.84. The van der Waals surface area contributed by atoms with Crippen LogP contribution in [0.1, 0.15) is 63.0 Å². The van der Waals surface area contributed by atoms with Gasteiger partial charge in [0.25, 0.3) is 0 Å². The highest BCUT2D eigenvalue weighted by molar-refractivity contribution is 5.66. The Morgan fingerprint density at radius 1 is 1.12 bits per heavy atom. The van der Waals surface area contributed by atoms with Crippen molar-refractivity contribution in [3.05, 3.63) is 35.4 Å². The van der Waals surface area contributed by atoms with Gasteiger partial charge in [-0.3, -0.25) is 9.59 Å². The van der Waals surface area contributed by atoms with E-state index in [2.05, 4.69) is 31.2 Å². The number of esters is 2. The van der Waals surface area contributed by atoms with Gasteiger partial charge in [-0.15, -0.1) is 0 Å². The second kappa shape index (κ2) is 6.58. The number of ether oxygens (including phenoxy) is 2. The second-order valence-electron chi connectivity index (χ2n) is 7.50.